The molecule has 2 N–H and O–H groups in total. The first-order valence-electron chi connectivity index (χ1n) is 6.64. The molecule has 18 heavy (non-hydrogen) atoms. The van der Waals surface area contributed by atoms with E-state index >= 15 is 0 Å². The van der Waals surface area contributed by atoms with Gasteiger partial charge < -0.3 is 10.6 Å². The lowest BCUT2D eigenvalue weighted by Gasteiger charge is -2.23. The molecule has 98 valence electrons. The van der Waals surface area contributed by atoms with Gasteiger partial charge in [0, 0.05) is 19.6 Å². The van der Waals surface area contributed by atoms with E-state index in [1.54, 1.807) is 4.90 Å². The second-order valence-electron chi connectivity index (χ2n) is 5.38. The summed E-state index contributed by atoms with van der Waals surface area (Å²) in [5.41, 5.74) is 8.39. The van der Waals surface area contributed by atoms with E-state index < -0.39 is 0 Å². The van der Waals surface area contributed by atoms with Gasteiger partial charge in [-0.25, -0.2) is 0 Å². The van der Waals surface area contributed by atoms with Crippen LogP contribution >= 0.6 is 0 Å². The molecule has 0 bridgehead atoms. The Morgan fingerprint density at radius 3 is 2.56 bits per heavy atom. The Hall–Kier alpha value is -1.35. The van der Waals surface area contributed by atoms with Gasteiger partial charge in [0.15, 0.2) is 0 Å². The van der Waals surface area contributed by atoms with Crippen LogP contribution in [0.5, 0.6) is 0 Å². The summed E-state index contributed by atoms with van der Waals surface area (Å²) in [5, 5.41) is 0. The molecular formula is C15H22N2O. The summed E-state index contributed by atoms with van der Waals surface area (Å²) in [6, 6.07) is 8.36. The Morgan fingerprint density at radius 2 is 2.00 bits per heavy atom. The van der Waals surface area contributed by atoms with Crippen LogP contribution in [0, 0.1) is 12.8 Å². The third-order valence-corrected chi connectivity index (χ3v) is 3.80. The van der Waals surface area contributed by atoms with Gasteiger partial charge in [0.2, 0.25) is 5.91 Å². The SMILES string of the molecule is Cc1ccc(CN(C)C(=O)C2CCCC2N)cc1. The highest BCUT2D eigenvalue weighted by Gasteiger charge is 2.32. The van der Waals surface area contributed by atoms with Gasteiger partial charge in [0.05, 0.1) is 5.92 Å². The van der Waals surface area contributed by atoms with Crippen molar-refractivity contribution in [2.75, 3.05) is 7.05 Å². The maximum absolute atomic E-state index is 12.3. The molecule has 0 aromatic heterocycles. The zero-order valence-electron chi connectivity index (χ0n) is 11.2. The Labute approximate surface area is 109 Å². The fraction of sp³-hybridized carbons (Fsp3) is 0.533. The predicted octanol–water partition coefficient (Wildman–Crippen LogP) is 2.08. The number of nitrogens with zero attached hydrogens (tertiary/aromatic N) is 1. The molecule has 1 aromatic rings. The molecule has 1 aliphatic rings. The molecule has 2 atom stereocenters. The lowest BCUT2D eigenvalue weighted by molar-refractivity contribution is -0.134. The van der Waals surface area contributed by atoms with E-state index in [0.717, 1.165) is 19.3 Å². The van der Waals surface area contributed by atoms with Crippen molar-refractivity contribution >= 4 is 5.91 Å². The fourth-order valence-corrected chi connectivity index (χ4v) is 2.62. The van der Waals surface area contributed by atoms with Crippen molar-refractivity contribution < 1.29 is 4.79 Å². The van der Waals surface area contributed by atoms with Gasteiger partial charge in [-0.3, -0.25) is 4.79 Å². The van der Waals surface area contributed by atoms with Gasteiger partial charge in [0.1, 0.15) is 0 Å². The van der Waals surface area contributed by atoms with Crippen LogP contribution in [-0.4, -0.2) is 23.9 Å². The zero-order chi connectivity index (χ0) is 13.1. The zero-order valence-corrected chi connectivity index (χ0v) is 11.2. The second kappa shape index (κ2) is 5.53. The number of amides is 1. The summed E-state index contributed by atoms with van der Waals surface area (Å²) >= 11 is 0. The third kappa shape index (κ3) is 2.91. The van der Waals surface area contributed by atoms with Crippen molar-refractivity contribution in [1.29, 1.82) is 0 Å². The van der Waals surface area contributed by atoms with E-state index in [4.69, 9.17) is 5.73 Å². The van der Waals surface area contributed by atoms with Crippen LogP contribution in [0.15, 0.2) is 24.3 Å². The van der Waals surface area contributed by atoms with E-state index in [2.05, 4.69) is 31.2 Å². The van der Waals surface area contributed by atoms with E-state index in [-0.39, 0.29) is 17.9 Å². The van der Waals surface area contributed by atoms with Crippen molar-refractivity contribution in [3.05, 3.63) is 35.4 Å². The topological polar surface area (TPSA) is 46.3 Å². The van der Waals surface area contributed by atoms with Crippen molar-refractivity contribution in [3.63, 3.8) is 0 Å². The van der Waals surface area contributed by atoms with Crippen LogP contribution in [0.4, 0.5) is 0 Å². The summed E-state index contributed by atoms with van der Waals surface area (Å²) in [6.45, 7) is 2.73. The normalized spacial score (nSPS) is 23.1. The van der Waals surface area contributed by atoms with E-state index in [1.165, 1.54) is 11.1 Å². The summed E-state index contributed by atoms with van der Waals surface area (Å²) < 4.78 is 0. The smallest absolute Gasteiger partial charge is 0.227 e. The van der Waals surface area contributed by atoms with E-state index in [1.807, 2.05) is 7.05 Å². The van der Waals surface area contributed by atoms with Crippen LogP contribution < -0.4 is 5.73 Å². The number of hydrogen-bond acceptors (Lipinski definition) is 2. The summed E-state index contributed by atoms with van der Waals surface area (Å²) in [7, 11) is 1.87. The number of aryl methyl sites for hydroxylation is 1. The Morgan fingerprint density at radius 1 is 1.33 bits per heavy atom. The monoisotopic (exact) mass is 246 g/mol. The molecule has 2 unspecified atom stereocenters. The minimum absolute atomic E-state index is 0.0282. The third-order valence-electron chi connectivity index (χ3n) is 3.80. The maximum Gasteiger partial charge on any atom is 0.227 e. The quantitative estimate of drug-likeness (QED) is 0.887. The summed E-state index contributed by atoms with van der Waals surface area (Å²) in [6.07, 6.45) is 3.00. The molecule has 0 radical (unpaired) electrons. The number of benzene rings is 1. The molecule has 3 heteroatoms. The lowest BCUT2D eigenvalue weighted by atomic mass is 10.0. The molecule has 3 nitrogen and oxygen atoms in total. The number of carbonyl (C=O) groups excluding carboxylic acids is 1. The second-order valence-corrected chi connectivity index (χ2v) is 5.38. The van der Waals surface area contributed by atoms with Gasteiger partial charge in [-0.1, -0.05) is 36.2 Å². The van der Waals surface area contributed by atoms with E-state index in [0.29, 0.717) is 6.54 Å². The first-order chi connectivity index (χ1) is 8.58. The molecule has 1 aromatic carbocycles. The molecule has 0 saturated heterocycles. The summed E-state index contributed by atoms with van der Waals surface area (Å²) in [5.74, 6) is 0.223. The van der Waals surface area contributed by atoms with Crippen LogP contribution in [0.2, 0.25) is 0 Å². The van der Waals surface area contributed by atoms with Crippen LogP contribution in [0.3, 0.4) is 0 Å². The number of rotatable bonds is 3. The van der Waals surface area contributed by atoms with Gasteiger partial charge in [-0.05, 0) is 25.3 Å². The van der Waals surface area contributed by atoms with Gasteiger partial charge in [-0.2, -0.15) is 0 Å². The molecule has 0 spiro atoms. The minimum atomic E-state index is 0.0282. The Kier molecular flexibility index (Phi) is 4.02. The van der Waals surface area contributed by atoms with Crippen molar-refractivity contribution in [3.8, 4) is 0 Å². The molecular weight excluding hydrogens is 224 g/mol. The molecule has 2 rings (SSSR count). The van der Waals surface area contributed by atoms with Crippen molar-refractivity contribution in [2.24, 2.45) is 11.7 Å². The standard InChI is InChI=1S/C15H22N2O/c1-11-6-8-12(9-7-11)10-17(2)15(18)13-4-3-5-14(13)16/h6-9,13-14H,3-5,10,16H2,1-2H3. The molecule has 1 saturated carbocycles. The summed E-state index contributed by atoms with van der Waals surface area (Å²) in [4.78, 5) is 14.1. The predicted molar refractivity (Wildman–Crippen MR) is 73.0 cm³/mol. The van der Waals surface area contributed by atoms with Crippen LogP contribution in [0.25, 0.3) is 0 Å². The van der Waals surface area contributed by atoms with Crippen molar-refractivity contribution in [1.82, 2.24) is 4.90 Å². The molecule has 0 aliphatic heterocycles. The highest BCUT2D eigenvalue weighted by molar-refractivity contribution is 5.79. The minimum Gasteiger partial charge on any atom is -0.341 e. The maximum atomic E-state index is 12.3. The van der Waals surface area contributed by atoms with E-state index in [9.17, 15) is 4.79 Å². The van der Waals surface area contributed by atoms with Gasteiger partial charge >= 0.3 is 0 Å². The highest BCUT2D eigenvalue weighted by atomic mass is 16.2. The average molecular weight is 246 g/mol. The number of nitrogens with two attached hydrogens (primary N) is 1. The molecule has 1 fully saturated rings. The van der Waals surface area contributed by atoms with Crippen LogP contribution in [0.1, 0.15) is 30.4 Å². The highest BCUT2D eigenvalue weighted by Crippen LogP contribution is 2.26. The Balaban J connectivity index is 1.97. The van der Waals surface area contributed by atoms with Gasteiger partial charge in [0.25, 0.3) is 0 Å². The largest absolute Gasteiger partial charge is 0.341 e. The first-order valence-corrected chi connectivity index (χ1v) is 6.64. The number of hydrogen-bond donors (Lipinski definition) is 1. The lowest BCUT2D eigenvalue weighted by Crippen LogP contribution is -2.39. The first kappa shape index (κ1) is 13.1. The van der Waals surface area contributed by atoms with Gasteiger partial charge in [-0.15, -0.1) is 0 Å². The number of carbonyl (C=O) groups is 1. The fourth-order valence-electron chi connectivity index (χ4n) is 2.62. The molecule has 0 heterocycles. The van der Waals surface area contributed by atoms with Crippen LogP contribution in [-0.2, 0) is 11.3 Å². The molecule has 1 amide bonds. The average Bonchev–Trinajstić information content (AvgIpc) is 2.77. The Bertz CT molecular complexity index is 413. The van der Waals surface area contributed by atoms with Crippen molar-refractivity contribution in [2.45, 2.75) is 38.8 Å². The molecule has 1 aliphatic carbocycles.